The number of nitrogens with zero attached hydrogens (tertiary/aromatic N) is 2. The second-order valence-electron chi connectivity index (χ2n) is 7.42. The van der Waals surface area contributed by atoms with Crippen LogP contribution in [0.4, 0.5) is 20.2 Å². The van der Waals surface area contributed by atoms with Crippen molar-refractivity contribution in [3.63, 3.8) is 0 Å². The van der Waals surface area contributed by atoms with E-state index in [9.17, 15) is 18.4 Å². The minimum absolute atomic E-state index is 0.0489. The summed E-state index contributed by atoms with van der Waals surface area (Å²) in [6.45, 7) is -0.616. The number of anilines is 2. The van der Waals surface area contributed by atoms with Gasteiger partial charge in [-0.25, -0.2) is 0 Å². The first-order valence-corrected chi connectivity index (χ1v) is 9.79. The molecule has 1 aliphatic heterocycles. The average molecular weight is 433 g/mol. The molecule has 166 valence electrons. The van der Waals surface area contributed by atoms with Crippen LogP contribution in [0.3, 0.4) is 0 Å². The summed E-state index contributed by atoms with van der Waals surface area (Å²) in [5.41, 5.74) is 2.04. The molecule has 3 rings (SSSR count). The third-order valence-corrected chi connectivity index (χ3v) is 4.93. The number of para-hydroxylation sites is 2. The Kier molecular flexibility index (Phi) is 7.06. The van der Waals surface area contributed by atoms with Gasteiger partial charge in [-0.3, -0.25) is 14.5 Å². The summed E-state index contributed by atoms with van der Waals surface area (Å²) in [7, 11) is 3.16. The van der Waals surface area contributed by atoms with Crippen molar-refractivity contribution in [1.82, 2.24) is 4.90 Å². The zero-order valence-electron chi connectivity index (χ0n) is 17.6. The lowest BCUT2D eigenvalue weighted by molar-refractivity contribution is -0.120. The largest absolute Gasteiger partial charge is 0.493 e. The van der Waals surface area contributed by atoms with Crippen molar-refractivity contribution in [1.29, 1.82) is 0 Å². The van der Waals surface area contributed by atoms with Crippen molar-refractivity contribution in [2.75, 3.05) is 30.9 Å². The fraction of sp³-hybridized carbons (Fsp3) is 0.364. The second kappa shape index (κ2) is 9.74. The predicted molar refractivity (Wildman–Crippen MR) is 113 cm³/mol. The third-order valence-electron chi connectivity index (χ3n) is 4.93. The van der Waals surface area contributed by atoms with E-state index in [-0.39, 0.29) is 42.3 Å². The van der Waals surface area contributed by atoms with Gasteiger partial charge >= 0.3 is 6.61 Å². The van der Waals surface area contributed by atoms with Crippen molar-refractivity contribution < 1.29 is 27.8 Å². The topological polar surface area (TPSA) is 71.1 Å². The van der Waals surface area contributed by atoms with Crippen LogP contribution in [-0.2, 0) is 16.1 Å². The van der Waals surface area contributed by atoms with E-state index in [4.69, 9.17) is 4.74 Å². The van der Waals surface area contributed by atoms with Gasteiger partial charge in [-0.15, -0.1) is 0 Å². The summed E-state index contributed by atoms with van der Waals surface area (Å²) in [5, 5.41) is 2.84. The van der Waals surface area contributed by atoms with Gasteiger partial charge in [0, 0.05) is 19.0 Å². The number of alkyl halides is 2. The maximum absolute atomic E-state index is 13.1. The quantitative estimate of drug-likeness (QED) is 0.724. The van der Waals surface area contributed by atoms with E-state index >= 15 is 0 Å². The van der Waals surface area contributed by atoms with Crippen LogP contribution in [0.2, 0.25) is 0 Å². The molecule has 2 amide bonds. The Balaban J connectivity index is 1.72. The fourth-order valence-electron chi connectivity index (χ4n) is 3.65. The molecule has 0 radical (unpaired) electrons. The number of ether oxygens (including phenoxy) is 2. The Morgan fingerprint density at radius 1 is 1.26 bits per heavy atom. The number of carbonyl (C=O) groups is 2. The van der Waals surface area contributed by atoms with Gasteiger partial charge in [0.2, 0.25) is 11.8 Å². The first-order valence-electron chi connectivity index (χ1n) is 9.79. The fourth-order valence-corrected chi connectivity index (χ4v) is 3.65. The zero-order valence-corrected chi connectivity index (χ0v) is 17.6. The number of methoxy groups -OCH3 is 1. The lowest BCUT2D eigenvalue weighted by Crippen LogP contribution is -2.44. The second-order valence-corrected chi connectivity index (χ2v) is 7.42. The monoisotopic (exact) mass is 433 g/mol. The smallest absolute Gasteiger partial charge is 0.387 e. The molecule has 31 heavy (non-hydrogen) atoms. The maximum atomic E-state index is 13.1. The van der Waals surface area contributed by atoms with Gasteiger partial charge in [-0.05, 0) is 43.8 Å². The van der Waals surface area contributed by atoms with Gasteiger partial charge in [0.25, 0.3) is 0 Å². The van der Waals surface area contributed by atoms with Crippen molar-refractivity contribution >= 4 is 23.2 Å². The van der Waals surface area contributed by atoms with E-state index in [0.717, 1.165) is 5.56 Å². The highest BCUT2D eigenvalue weighted by Crippen LogP contribution is 2.32. The number of amides is 2. The van der Waals surface area contributed by atoms with Crippen LogP contribution in [0.15, 0.2) is 42.5 Å². The molecule has 0 saturated heterocycles. The molecule has 0 aliphatic carbocycles. The van der Waals surface area contributed by atoms with E-state index in [1.165, 1.54) is 13.2 Å². The Morgan fingerprint density at radius 2 is 2.00 bits per heavy atom. The molecule has 2 aromatic carbocycles. The summed E-state index contributed by atoms with van der Waals surface area (Å²) in [6, 6.07) is 11.6. The molecule has 0 fully saturated rings. The van der Waals surface area contributed by atoms with E-state index in [1.807, 2.05) is 19.1 Å². The van der Waals surface area contributed by atoms with Gasteiger partial charge in [0.05, 0.1) is 25.0 Å². The van der Waals surface area contributed by atoms with Crippen molar-refractivity contribution in [3.05, 3.63) is 48.0 Å². The number of fused-ring (bicyclic) bond motifs is 1. The molecule has 1 N–H and O–H groups in total. The lowest BCUT2D eigenvalue weighted by Gasteiger charge is -2.29. The minimum atomic E-state index is -2.94. The molecule has 2 aromatic rings. The van der Waals surface area contributed by atoms with Crippen LogP contribution in [-0.4, -0.2) is 50.1 Å². The van der Waals surface area contributed by atoms with Crippen LogP contribution in [0.5, 0.6) is 11.5 Å². The van der Waals surface area contributed by atoms with E-state index in [1.54, 1.807) is 41.1 Å². The van der Waals surface area contributed by atoms with Crippen molar-refractivity contribution in [2.24, 2.45) is 0 Å². The van der Waals surface area contributed by atoms with Gasteiger partial charge in [0.15, 0.2) is 11.5 Å². The maximum Gasteiger partial charge on any atom is 0.387 e. The Morgan fingerprint density at radius 3 is 2.71 bits per heavy atom. The lowest BCUT2D eigenvalue weighted by atomic mass is 10.1. The molecule has 1 heterocycles. The summed E-state index contributed by atoms with van der Waals surface area (Å²) < 4.78 is 34.6. The van der Waals surface area contributed by atoms with Crippen LogP contribution >= 0.6 is 0 Å². The average Bonchev–Trinajstić information content (AvgIpc) is 2.82. The molecular weight excluding hydrogens is 408 g/mol. The van der Waals surface area contributed by atoms with E-state index < -0.39 is 6.61 Å². The summed E-state index contributed by atoms with van der Waals surface area (Å²) in [5.74, 6) is -0.144. The van der Waals surface area contributed by atoms with E-state index in [0.29, 0.717) is 17.9 Å². The number of likely N-dealkylation sites (N-methyl/N-ethyl adjacent to an activating group) is 1. The molecule has 1 unspecified atom stereocenters. The van der Waals surface area contributed by atoms with Crippen LogP contribution in [0, 0.1) is 0 Å². The first-order chi connectivity index (χ1) is 14.8. The Bertz CT molecular complexity index is 954. The number of benzene rings is 2. The van der Waals surface area contributed by atoms with Crippen LogP contribution in [0.25, 0.3) is 0 Å². The standard InChI is InChI=1S/C22H25F2N3O4/c1-14-10-20(28)25-16-6-4-5-7-17(16)27(14)21(29)13-26(2)12-15-8-9-18(31-22(23)24)19(11-15)30-3/h4-9,11,14,22H,10,12-13H2,1-3H3,(H,25,28). The van der Waals surface area contributed by atoms with Crippen molar-refractivity contribution in [2.45, 2.75) is 32.5 Å². The number of carbonyl (C=O) groups excluding carboxylic acids is 2. The molecule has 0 spiro atoms. The van der Waals surface area contributed by atoms with Crippen LogP contribution in [0.1, 0.15) is 18.9 Å². The summed E-state index contributed by atoms with van der Waals surface area (Å²) in [6.07, 6.45) is 0.201. The van der Waals surface area contributed by atoms with Crippen LogP contribution < -0.4 is 19.7 Å². The number of rotatable bonds is 7. The normalized spacial score (nSPS) is 16.0. The van der Waals surface area contributed by atoms with Gasteiger partial charge < -0.3 is 19.7 Å². The van der Waals surface area contributed by atoms with Crippen molar-refractivity contribution in [3.8, 4) is 11.5 Å². The summed E-state index contributed by atoms with van der Waals surface area (Å²) >= 11 is 0. The number of nitrogens with one attached hydrogen (secondary N) is 1. The highest BCUT2D eigenvalue weighted by molar-refractivity contribution is 6.04. The molecular formula is C22H25F2N3O4. The molecule has 0 bridgehead atoms. The molecule has 0 saturated carbocycles. The highest BCUT2D eigenvalue weighted by Gasteiger charge is 2.29. The zero-order chi connectivity index (χ0) is 22.5. The third kappa shape index (κ3) is 5.49. The predicted octanol–water partition coefficient (Wildman–Crippen LogP) is 3.49. The number of hydrogen-bond acceptors (Lipinski definition) is 5. The molecule has 1 aliphatic rings. The number of halogens is 2. The minimum Gasteiger partial charge on any atom is -0.493 e. The SMILES string of the molecule is COc1cc(CN(C)CC(=O)N2c3ccccc3NC(=O)CC2C)ccc1OC(F)F. The Labute approximate surface area is 179 Å². The van der Waals surface area contributed by atoms with E-state index in [2.05, 4.69) is 10.1 Å². The molecule has 1 atom stereocenters. The highest BCUT2D eigenvalue weighted by atomic mass is 19.3. The summed E-state index contributed by atoms with van der Waals surface area (Å²) in [4.78, 5) is 28.7. The Hall–Kier alpha value is -3.20. The molecule has 9 heteroatoms. The van der Waals surface area contributed by atoms with Gasteiger partial charge in [-0.1, -0.05) is 18.2 Å². The number of hydrogen-bond donors (Lipinski definition) is 1. The van der Waals surface area contributed by atoms with Gasteiger partial charge in [-0.2, -0.15) is 8.78 Å². The molecule has 0 aromatic heterocycles. The first kappa shape index (κ1) is 22.5. The molecule has 7 nitrogen and oxygen atoms in total. The van der Waals surface area contributed by atoms with Gasteiger partial charge in [0.1, 0.15) is 0 Å².